The van der Waals surface area contributed by atoms with Crippen molar-refractivity contribution < 1.29 is 24.2 Å². The van der Waals surface area contributed by atoms with Gasteiger partial charge >= 0.3 is 5.97 Å². The Morgan fingerprint density at radius 3 is 2.43 bits per heavy atom. The average Bonchev–Trinajstić information content (AvgIpc) is 3.49. The third-order valence-electron chi connectivity index (χ3n) is 9.85. The van der Waals surface area contributed by atoms with Crippen molar-refractivity contribution in [2.75, 3.05) is 19.8 Å². The number of hydrogen-bond acceptors (Lipinski definition) is 6. The number of allylic oxidation sites excluding steroid dienone is 1. The molecule has 1 N–H and O–H groups in total. The largest absolute Gasteiger partial charge is 0.465 e. The highest BCUT2D eigenvalue weighted by molar-refractivity contribution is 8.02. The van der Waals surface area contributed by atoms with Crippen LogP contribution >= 0.6 is 11.8 Å². The Morgan fingerprint density at radius 1 is 1.21 bits per heavy atom. The molecule has 7 nitrogen and oxygen atoms in total. The zero-order valence-corrected chi connectivity index (χ0v) is 28.2. The highest BCUT2D eigenvalue weighted by Crippen LogP contribution is 2.69. The number of esters is 1. The summed E-state index contributed by atoms with van der Waals surface area (Å²) in [6.45, 7) is 25.0. The number of fused-ring (bicyclic) bond motifs is 1. The predicted octanol–water partition coefficient (Wildman–Crippen LogP) is 5.86. The van der Waals surface area contributed by atoms with E-state index >= 15 is 4.79 Å². The van der Waals surface area contributed by atoms with E-state index in [9.17, 15) is 14.7 Å². The molecule has 3 unspecified atom stereocenters. The lowest BCUT2D eigenvalue weighted by Crippen LogP contribution is -2.63. The van der Waals surface area contributed by atoms with E-state index in [2.05, 4.69) is 54.7 Å². The molecule has 0 aromatic heterocycles. The van der Waals surface area contributed by atoms with E-state index in [0.717, 1.165) is 38.5 Å². The number of aliphatic hydroxyl groups excluding tert-OH is 1. The summed E-state index contributed by atoms with van der Waals surface area (Å²) >= 11 is 1.66. The summed E-state index contributed by atoms with van der Waals surface area (Å²) in [7, 11) is 0. The normalized spacial score (nSPS) is 30.2. The minimum absolute atomic E-state index is 0.0207. The molecule has 3 rings (SSSR count). The number of thioether (sulfide) groups is 1. The van der Waals surface area contributed by atoms with Gasteiger partial charge in [0.2, 0.25) is 11.8 Å². The van der Waals surface area contributed by atoms with Gasteiger partial charge in [0.1, 0.15) is 6.04 Å². The van der Waals surface area contributed by atoms with Gasteiger partial charge in [-0.05, 0) is 63.2 Å². The monoisotopic (exact) mass is 604 g/mol. The van der Waals surface area contributed by atoms with Crippen LogP contribution in [0.25, 0.3) is 0 Å². The summed E-state index contributed by atoms with van der Waals surface area (Å²) in [6, 6.07) is -1.30. The molecule has 0 aromatic carbocycles. The van der Waals surface area contributed by atoms with Crippen molar-refractivity contribution in [1.29, 1.82) is 0 Å². The van der Waals surface area contributed by atoms with Crippen molar-refractivity contribution in [2.24, 2.45) is 29.1 Å². The van der Waals surface area contributed by atoms with Gasteiger partial charge in [0.15, 0.2) is 0 Å². The fourth-order valence-corrected chi connectivity index (χ4v) is 10.5. The Hall–Kier alpha value is -1.80. The van der Waals surface area contributed by atoms with Crippen LogP contribution in [0.1, 0.15) is 93.9 Å². The molecular formula is C34H56N2O5S. The minimum atomic E-state index is -0.782. The van der Waals surface area contributed by atoms with Crippen molar-refractivity contribution in [2.45, 2.75) is 122 Å². The quantitative estimate of drug-likeness (QED) is 0.143. The first-order chi connectivity index (χ1) is 19.6. The Morgan fingerprint density at radius 2 is 1.88 bits per heavy atom. The van der Waals surface area contributed by atoms with Crippen LogP contribution in [0, 0.1) is 29.1 Å². The van der Waals surface area contributed by atoms with Crippen molar-refractivity contribution >= 4 is 29.5 Å². The molecule has 238 valence electrons. The molecule has 3 aliphatic heterocycles. The van der Waals surface area contributed by atoms with Gasteiger partial charge in [0, 0.05) is 17.3 Å². The third-order valence-corrected chi connectivity index (χ3v) is 11.9. The lowest BCUT2D eigenvalue weighted by atomic mass is 9.66. The SMILES string of the molecule is C=CCCCCOC(=O)[C@@H]1[C@@H]2CC(C)C3(S2)C(C(=O)N(CC=C)C(C)(C)CC(C)(C)C)N([C@@H](CO)[C@@H](C)CC)C(=O)[C@H]13. The van der Waals surface area contributed by atoms with Crippen LogP contribution in [0.5, 0.6) is 0 Å². The first kappa shape index (κ1) is 34.7. The Balaban J connectivity index is 2.10. The fraction of sp³-hybridized carbons (Fsp3) is 0.794. The molecule has 2 amide bonds. The molecule has 2 bridgehead atoms. The molecule has 3 saturated heterocycles. The summed E-state index contributed by atoms with van der Waals surface area (Å²) in [5.74, 6) is -1.84. The number of unbranched alkanes of at least 4 members (excludes halogenated alkanes) is 2. The molecular weight excluding hydrogens is 548 g/mol. The molecule has 3 heterocycles. The minimum Gasteiger partial charge on any atom is -0.465 e. The van der Waals surface area contributed by atoms with Crippen molar-refractivity contribution in [1.82, 2.24) is 9.80 Å². The number of aliphatic hydroxyl groups is 1. The molecule has 3 aliphatic rings. The lowest BCUT2D eigenvalue weighted by molar-refractivity contribution is -0.155. The number of likely N-dealkylation sites (tertiary alicyclic amines) is 1. The van der Waals surface area contributed by atoms with Gasteiger partial charge in [0.25, 0.3) is 0 Å². The van der Waals surface area contributed by atoms with E-state index < -0.39 is 34.2 Å². The van der Waals surface area contributed by atoms with Crippen LogP contribution in [0.4, 0.5) is 0 Å². The molecule has 0 saturated carbocycles. The molecule has 8 atom stereocenters. The maximum Gasteiger partial charge on any atom is 0.310 e. The predicted molar refractivity (Wildman–Crippen MR) is 171 cm³/mol. The fourth-order valence-electron chi connectivity index (χ4n) is 8.14. The van der Waals surface area contributed by atoms with Gasteiger partial charge in [0.05, 0.1) is 35.8 Å². The van der Waals surface area contributed by atoms with Gasteiger partial charge < -0.3 is 19.6 Å². The van der Waals surface area contributed by atoms with Crippen LogP contribution in [0.15, 0.2) is 25.3 Å². The van der Waals surface area contributed by atoms with Crippen LogP contribution in [0.2, 0.25) is 0 Å². The number of amides is 2. The van der Waals surface area contributed by atoms with Crippen molar-refractivity contribution in [3.63, 3.8) is 0 Å². The summed E-state index contributed by atoms with van der Waals surface area (Å²) in [6.07, 6.45) is 8.38. The van der Waals surface area contributed by atoms with Crippen LogP contribution in [0.3, 0.4) is 0 Å². The lowest BCUT2D eigenvalue weighted by Gasteiger charge is -2.48. The van der Waals surface area contributed by atoms with E-state index in [-0.39, 0.29) is 46.9 Å². The summed E-state index contributed by atoms with van der Waals surface area (Å²) in [5.41, 5.74) is -0.541. The van der Waals surface area contributed by atoms with Gasteiger partial charge in [-0.1, -0.05) is 60.1 Å². The number of carbonyl (C=O) groups is 3. The van der Waals surface area contributed by atoms with E-state index in [0.29, 0.717) is 13.2 Å². The molecule has 42 heavy (non-hydrogen) atoms. The molecule has 8 heteroatoms. The van der Waals surface area contributed by atoms with Gasteiger partial charge in [-0.3, -0.25) is 14.4 Å². The van der Waals surface area contributed by atoms with E-state index in [1.807, 2.05) is 24.8 Å². The highest BCUT2D eigenvalue weighted by Gasteiger charge is 2.77. The first-order valence-electron chi connectivity index (χ1n) is 15.9. The summed E-state index contributed by atoms with van der Waals surface area (Å²) in [5, 5.41) is 10.6. The smallest absolute Gasteiger partial charge is 0.310 e. The van der Waals surface area contributed by atoms with E-state index in [1.165, 1.54) is 0 Å². The zero-order chi connectivity index (χ0) is 31.6. The standard InChI is InChI=1S/C34H56N2O5S/c1-11-14-15-16-18-41-31(40)26-25-19-23(5)34(42-25)27(26)29(38)36(24(20-37)22(4)13-3)28(34)30(39)35(17-12-2)33(9,10)21-32(6,7)8/h11-12,22-28,37H,1-2,13-21H2,3-10H3/t22-,23?,24-,25-,26+,27-,28?,34?/m0/s1. The second-order valence-electron chi connectivity index (χ2n) is 14.7. The van der Waals surface area contributed by atoms with E-state index in [4.69, 9.17) is 4.74 Å². The van der Waals surface area contributed by atoms with Crippen LogP contribution in [-0.4, -0.2) is 80.1 Å². The highest BCUT2D eigenvalue weighted by atomic mass is 32.2. The summed E-state index contributed by atoms with van der Waals surface area (Å²) in [4.78, 5) is 46.9. The first-order valence-corrected chi connectivity index (χ1v) is 16.8. The second-order valence-corrected chi connectivity index (χ2v) is 16.2. The number of hydrogen-bond donors (Lipinski definition) is 1. The topological polar surface area (TPSA) is 87.2 Å². The second kappa shape index (κ2) is 13.5. The molecule has 0 aromatic rings. The maximum atomic E-state index is 15.0. The Labute approximate surface area is 258 Å². The van der Waals surface area contributed by atoms with Crippen molar-refractivity contribution in [3.05, 3.63) is 25.3 Å². The Bertz CT molecular complexity index is 1020. The van der Waals surface area contributed by atoms with Gasteiger partial charge in [-0.2, -0.15) is 0 Å². The average molecular weight is 605 g/mol. The molecule has 3 fully saturated rings. The molecule has 1 spiro atoms. The third kappa shape index (κ3) is 6.36. The number of carbonyl (C=O) groups excluding carboxylic acids is 3. The number of ether oxygens (including phenoxy) is 1. The van der Waals surface area contributed by atoms with Crippen LogP contribution < -0.4 is 0 Å². The Kier molecular flexibility index (Phi) is 11.1. The van der Waals surface area contributed by atoms with Gasteiger partial charge in [-0.15, -0.1) is 24.9 Å². The van der Waals surface area contributed by atoms with Crippen LogP contribution in [-0.2, 0) is 19.1 Å². The summed E-state index contributed by atoms with van der Waals surface area (Å²) < 4.78 is 5.02. The molecule has 0 radical (unpaired) electrons. The van der Waals surface area contributed by atoms with E-state index in [1.54, 1.807) is 22.7 Å². The number of nitrogens with zero attached hydrogens (tertiary/aromatic N) is 2. The zero-order valence-electron chi connectivity index (χ0n) is 27.4. The maximum absolute atomic E-state index is 15.0. The van der Waals surface area contributed by atoms with Crippen molar-refractivity contribution in [3.8, 4) is 0 Å². The molecule has 0 aliphatic carbocycles. The number of rotatable bonds is 15. The van der Waals surface area contributed by atoms with Gasteiger partial charge in [-0.25, -0.2) is 0 Å².